The number of nitrogens with zero attached hydrogens (tertiary/aromatic N) is 2. The Kier molecular flexibility index (Phi) is 11.0. The Morgan fingerprint density at radius 1 is 0.438 bits per heavy atom. The lowest BCUT2D eigenvalue weighted by molar-refractivity contribution is -0.386. The molecule has 0 fully saturated rings. The predicted molar refractivity (Wildman–Crippen MR) is 191 cm³/mol. The molecule has 0 aliphatic carbocycles. The summed E-state index contributed by atoms with van der Waals surface area (Å²) in [6.07, 6.45) is 11.3. The third kappa shape index (κ3) is 7.72. The van der Waals surface area contributed by atoms with Gasteiger partial charge < -0.3 is 18.9 Å². The summed E-state index contributed by atoms with van der Waals surface area (Å²) in [6.45, 7) is 6.91. The monoisotopic (exact) mass is 650 g/mol. The van der Waals surface area contributed by atoms with Gasteiger partial charge in [-0.2, -0.15) is 0 Å². The van der Waals surface area contributed by atoms with E-state index < -0.39 is 0 Å². The summed E-state index contributed by atoms with van der Waals surface area (Å²) in [6, 6.07) is 14.6. The van der Waals surface area contributed by atoms with Crippen molar-refractivity contribution in [2.75, 3.05) is 28.4 Å². The predicted octanol–water partition coefficient (Wildman–Crippen LogP) is 9.28. The van der Waals surface area contributed by atoms with E-state index in [2.05, 4.69) is 0 Å². The smallest absolute Gasteiger partial charge is 0.275 e. The van der Waals surface area contributed by atoms with Crippen molar-refractivity contribution < 1.29 is 28.8 Å². The van der Waals surface area contributed by atoms with Gasteiger partial charge in [-0.1, -0.05) is 36.5 Å². The lowest BCUT2D eigenvalue weighted by atomic mass is 10.0. The molecule has 0 heterocycles. The number of nitro groups is 2. The van der Waals surface area contributed by atoms with Crippen molar-refractivity contribution in [2.24, 2.45) is 0 Å². The van der Waals surface area contributed by atoms with Crippen LogP contribution in [0.15, 0.2) is 48.5 Å². The zero-order valence-electron chi connectivity index (χ0n) is 28.2. The van der Waals surface area contributed by atoms with Crippen LogP contribution in [-0.2, 0) is 0 Å². The number of rotatable bonds is 12. The molecule has 0 N–H and O–H groups in total. The van der Waals surface area contributed by atoms with Crippen LogP contribution < -0.4 is 18.9 Å². The summed E-state index contributed by atoms with van der Waals surface area (Å²) in [5.41, 5.74) is 7.35. The van der Waals surface area contributed by atoms with Crippen molar-refractivity contribution in [3.63, 3.8) is 0 Å². The molecule has 0 radical (unpaired) electrons. The highest BCUT2D eigenvalue weighted by atomic mass is 16.6. The van der Waals surface area contributed by atoms with Crippen LogP contribution in [0.5, 0.6) is 23.0 Å². The zero-order chi connectivity index (χ0) is 35.1. The first-order valence-electron chi connectivity index (χ1n) is 15.0. The molecule has 4 rings (SSSR count). The van der Waals surface area contributed by atoms with Crippen LogP contribution >= 0.6 is 0 Å². The maximum Gasteiger partial charge on any atom is 0.275 e. The lowest BCUT2D eigenvalue weighted by Crippen LogP contribution is -1.96. The van der Waals surface area contributed by atoms with E-state index in [1.807, 2.05) is 60.7 Å². The summed E-state index contributed by atoms with van der Waals surface area (Å²) in [5.74, 6) is 2.46. The SMILES string of the molecule is COc1cc(/C=C/c2cc(OC)c(/C=C/c3cc(C)c([N+](=O)[O-])c(C)c3)cc2OC)c(OC)cc1/C=C/c1cc(C)c([N+](=O)[O-])c(C)c1. The highest BCUT2D eigenvalue weighted by Gasteiger charge is 2.17. The Balaban J connectivity index is 1.65. The third-order valence-electron chi connectivity index (χ3n) is 7.91. The Labute approximate surface area is 279 Å². The molecule has 4 aromatic rings. The first-order valence-corrected chi connectivity index (χ1v) is 15.0. The molecule has 0 unspecified atom stereocenters. The van der Waals surface area contributed by atoms with E-state index in [4.69, 9.17) is 18.9 Å². The molecule has 4 aromatic carbocycles. The van der Waals surface area contributed by atoms with Crippen molar-refractivity contribution in [1.82, 2.24) is 0 Å². The van der Waals surface area contributed by atoms with Crippen molar-refractivity contribution in [1.29, 1.82) is 0 Å². The molecule has 10 heteroatoms. The van der Waals surface area contributed by atoms with Gasteiger partial charge in [0.1, 0.15) is 23.0 Å². The molecule has 0 spiro atoms. The Bertz CT molecular complexity index is 1790. The van der Waals surface area contributed by atoms with Gasteiger partial charge in [-0.15, -0.1) is 0 Å². The fraction of sp³-hybridized carbons (Fsp3) is 0.211. The van der Waals surface area contributed by atoms with Crippen molar-refractivity contribution in [2.45, 2.75) is 27.7 Å². The normalized spacial score (nSPS) is 11.4. The van der Waals surface area contributed by atoms with Crippen LogP contribution in [0.3, 0.4) is 0 Å². The number of hydrogen-bond acceptors (Lipinski definition) is 8. The molecule has 0 aromatic heterocycles. The Morgan fingerprint density at radius 3 is 0.875 bits per heavy atom. The van der Waals surface area contributed by atoms with E-state index in [0.717, 1.165) is 33.4 Å². The Morgan fingerprint density at radius 2 is 0.667 bits per heavy atom. The van der Waals surface area contributed by atoms with Crippen LogP contribution in [0.2, 0.25) is 0 Å². The molecule has 0 amide bonds. The molecule has 10 nitrogen and oxygen atoms in total. The molecular formula is C38H38N2O8. The number of ether oxygens (including phenoxy) is 4. The van der Waals surface area contributed by atoms with E-state index in [1.54, 1.807) is 80.4 Å². The van der Waals surface area contributed by atoms with Gasteiger partial charge in [0.25, 0.3) is 11.4 Å². The largest absolute Gasteiger partial charge is 0.496 e. The molecule has 0 saturated heterocycles. The molecule has 0 atom stereocenters. The van der Waals surface area contributed by atoms with Gasteiger partial charge in [-0.25, -0.2) is 0 Å². The summed E-state index contributed by atoms with van der Waals surface area (Å²) >= 11 is 0. The quantitative estimate of drug-likeness (QED) is 0.0844. The standard InChI is InChI=1S/C38H38N2O8/c1-23-15-27(16-24(2)37(23)39(41)42)9-11-29-19-35(47-7)31(21-33(29)45-5)13-14-32-22-34(46-6)30(20-36(32)48-8)12-10-28-17-25(3)38(40(43)44)26(4)18-28/h9-22H,1-8H3/b11-9+,12-10+,14-13+. The summed E-state index contributed by atoms with van der Waals surface area (Å²) in [5, 5.41) is 22.8. The molecule has 0 bridgehead atoms. The van der Waals surface area contributed by atoms with Gasteiger partial charge in [0.2, 0.25) is 0 Å². The maximum atomic E-state index is 11.4. The average Bonchev–Trinajstić information content (AvgIpc) is 3.04. The minimum absolute atomic E-state index is 0.121. The van der Waals surface area contributed by atoms with Crippen LogP contribution in [0.25, 0.3) is 36.5 Å². The molecule has 0 saturated carbocycles. The van der Waals surface area contributed by atoms with E-state index >= 15 is 0 Å². The van der Waals surface area contributed by atoms with E-state index in [9.17, 15) is 20.2 Å². The second-order valence-electron chi connectivity index (χ2n) is 11.2. The molecule has 248 valence electrons. The first-order chi connectivity index (χ1) is 22.9. The molecule has 0 aliphatic heterocycles. The van der Waals surface area contributed by atoms with Gasteiger partial charge in [-0.05, 0) is 87.4 Å². The Hall–Kier alpha value is -5.90. The van der Waals surface area contributed by atoms with Crippen molar-refractivity contribution in [3.8, 4) is 23.0 Å². The average molecular weight is 651 g/mol. The highest BCUT2D eigenvalue weighted by molar-refractivity contribution is 5.82. The summed E-state index contributed by atoms with van der Waals surface area (Å²) in [7, 11) is 6.36. The van der Waals surface area contributed by atoms with Crippen molar-refractivity contribution in [3.05, 3.63) is 124 Å². The maximum absolute atomic E-state index is 11.4. The first kappa shape index (κ1) is 35.0. The summed E-state index contributed by atoms with van der Waals surface area (Å²) in [4.78, 5) is 22.0. The summed E-state index contributed by atoms with van der Waals surface area (Å²) < 4.78 is 22.8. The minimum Gasteiger partial charge on any atom is -0.496 e. The number of nitro benzene ring substituents is 2. The van der Waals surface area contributed by atoms with Crippen LogP contribution in [0.4, 0.5) is 11.4 Å². The van der Waals surface area contributed by atoms with Crippen LogP contribution in [0, 0.1) is 47.9 Å². The number of hydrogen-bond donors (Lipinski definition) is 0. The minimum atomic E-state index is -0.360. The zero-order valence-corrected chi connectivity index (χ0v) is 28.2. The van der Waals surface area contributed by atoms with E-state index in [-0.39, 0.29) is 21.2 Å². The fourth-order valence-electron chi connectivity index (χ4n) is 5.71. The van der Waals surface area contributed by atoms with Gasteiger partial charge in [0.05, 0.1) is 38.3 Å². The lowest BCUT2D eigenvalue weighted by Gasteiger charge is -2.13. The van der Waals surface area contributed by atoms with Gasteiger partial charge in [0.15, 0.2) is 0 Å². The molecular weight excluding hydrogens is 612 g/mol. The van der Waals surface area contributed by atoms with Gasteiger partial charge in [0, 0.05) is 44.5 Å². The topological polar surface area (TPSA) is 123 Å². The van der Waals surface area contributed by atoms with Crippen molar-refractivity contribution >= 4 is 47.8 Å². The van der Waals surface area contributed by atoms with Crippen LogP contribution in [-0.4, -0.2) is 38.3 Å². The van der Waals surface area contributed by atoms with Crippen LogP contribution in [0.1, 0.15) is 55.6 Å². The van der Waals surface area contributed by atoms with Gasteiger partial charge >= 0.3 is 0 Å². The third-order valence-corrected chi connectivity index (χ3v) is 7.91. The number of methoxy groups -OCH3 is 4. The second kappa shape index (κ2) is 15.1. The van der Waals surface area contributed by atoms with E-state index in [1.165, 1.54) is 0 Å². The number of aryl methyl sites for hydroxylation is 4. The fourth-order valence-corrected chi connectivity index (χ4v) is 5.71. The highest BCUT2D eigenvalue weighted by Crippen LogP contribution is 2.35. The van der Waals surface area contributed by atoms with E-state index in [0.29, 0.717) is 45.3 Å². The number of benzene rings is 4. The molecule has 48 heavy (non-hydrogen) atoms. The molecule has 0 aliphatic rings. The van der Waals surface area contributed by atoms with Gasteiger partial charge in [-0.3, -0.25) is 20.2 Å². The second-order valence-corrected chi connectivity index (χ2v) is 11.2.